The first kappa shape index (κ1) is 32.5. The van der Waals surface area contributed by atoms with E-state index in [1.54, 1.807) is 0 Å². The quantitative estimate of drug-likeness (QED) is 0.346. The van der Waals surface area contributed by atoms with Crippen LogP contribution in [-0.2, 0) is 11.3 Å². The number of aromatic amines is 1. The molecule has 8 nitrogen and oxygen atoms in total. The van der Waals surface area contributed by atoms with Crippen molar-refractivity contribution in [3.05, 3.63) is 92.4 Å². The Balaban J connectivity index is 1.67. The van der Waals surface area contributed by atoms with Crippen molar-refractivity contribution in [2.24, 2.45) is 5.73 Å². The van der Waals surface area contributed by atoms with Crippen molar-refractivity contribution >= 4 is 17.2 Å². The highest BCUT2D eigenvalue weighted by Gasteiger charge is 2.25. The van der Waals surface area contributed by atoms with Crippen LogP contribution in [0.15, 0.2) is 53.4 Å². The van der Waals surface area contributed by atoms with Gasteiger partial charge in [-0.25, -0.2) is 0 Å². The maximum Gasteiger partial charge on any atom is 0.253 e. The molecule has 1 aliphatic heterocycles. The third-order valence-electron chi connectivity index (χ3n) is 8.89. The smallest absolute Gasteiger partial charge is 0.253 e. The molecule has 232 valence electrons. The van der Waals surface area contributed by atoms with Crippen molar-refractivity contribution in [2.45, 2.75) is 72.0 Å². The van der Waals surface area contributed by atoms with Crippen LogP contribution in [0.5, 0.6) is 0 Å². The van der Waals surface area contributed by atoms with Crippen molar-refractivity contribution < 1.29 is 9.53 Å². The molecule has 8 heteroatoms. The van der Waals surface area contributed by atoms with Gasteiger partial charge in [0.25, 0.3) is 11.5 Å². The molecule has 1 amide bonds. The number of nitrogens with one attached hydrogen (secondary N) is 2. The number of rotatable bonds is 10. The second kappa shape index (κ2) is 14.8. The number of benzene rings is 1. The number of aryl methyl sites for hydroxylation is 2. The second-order valence-corrected chi connectivity index (χ2v) is 12.2. The summed E-state index contributed by atoms with van der Waals surface area (Å²) in [5.41, 5.74) is 13.9. The number of ether oxygens (including phenoxy) is 1. The fourth-order valence-corrected chi connectivity index (χ4v) is 6.20. The molecule has 4 rings (SSSR count). The molecule has 2 heterocycles. The summed E-state index contributed by atoms with van der Waals surface area (Å²) in [6.07, 6.45) is 10.1. The number of carbonyl (C=O) groups is 1. The van der Waals surface area contributed by atoms with Gasteiger partial charge in [-0.3, -0.25) is 14.5 Å². The molecule has 2 fully saturated rings. The number of carbonyl (C=O) groups excluding carboxylic acids is 1. The van der Waals surface area contributed by atoms with E-state index in [9.17, 15) is 9.59 Å². The van der Waals surface area contributed by atoms with Crippen molar-refractivity contribution in [3.8, 4) is 0 Å². The van der Waals surface area contributed by atoms with Crippen LogP contribution in [0.4, 0.5) is 5.69 Å². The molecule has 0 spiro atoms. The Morgan fingerprint density at radius 1 is 1.14 bits per heavy atom. The zero-order valence-corrected chi connectivity index (χ0v) is 26.6. The number of nitrogens with two attached hydrogens (primary N) is 1. The predicted molar refractivity (Wildman–Crippen MR) is 177 cm³/mol. The van der Waals surface area contributed by atoms with Gasteiger partial charge in [-0.2, -0.15) is 0 Å². The number of nitrogens with zero attached hydrogens (tertiary/aromatic N) is 2. The van der Waals surface area contributed by atoms with Crippen LogP contribution in [0.1, 0.15) is 70.9 Å². The van der Waals surface area contributed by atoms with Gasteiger partial charge in [0.15, 0.2) is 0 Å². The molecular weight excluding hydrogens is 538 g/mol. The Bertz CT molecular complexity index is 1430. The normalized spacial score (nSPS) is 20.1. The minimum atomic E-state index is -0.207. The van der Waals surface area contributed by atoms with Crippen molar-refractivity contribution in [1.29, 1.82) is 0 Å². The SMILES string of the molecule is C=CC(=CC=C(C)CN1CCOCC1)c1cc(C(=O)NCc2c(C)cc(C)[nH]c2=O)c(C)c(N(C)C2CCC(N)CC2)c1. The predicted octanol–water partition coefficient (Wildman–Crippen LogP) is 4.78. The zero-order chi connectivity index (χ0) is 31.1. The largest absolute Gasteiger partial charge is 0.379 e. The van der Waals surface area contributed by atoms with E-state index in [0.29, 0.717) is 17.2 Å². The number of morpholine rings is 1. The molecule has 0 bridgehead atoms. The molecule has 4 N–H and O–H groups in total. The van der Waals surface area contributed by atoms with E-state index in [0.717, 1.165) is 92.2 Å². The first-order valence-corrected chi connectivity index (χ1v) is 15.5. The number of pyridine rings is 1. The van der Waals surface area contributed by atoms with Gasteiger partial charge in [0.2, 0.25) is 0 Å². The topological polar surface area (TPSA) is 104 Å². The Morgan fingerprint density at radius 2 is 1.84 bits per heavy atom. The minimum absolute atomic E-state index is 0.156. The lowest BCUT2D eigenvalue weighted by Crippen LogP contribution is -2.39. The standard InChI is InChI=1S/C35H49N5O3/c1-7-27(9-8-23(2)22-40-14-16-43-17-15-40)28-19-31(34(41)37-21-32-24(3)18-25(4)38-35(32)42)26(5)33(20-28)39(6)30-12-10-29(36)11-13-30/h7-9,18-20,29-30H,1,10-17,21-22,36H2,2-6H3,(H,37,41)(H,38,42). The van der Waals surface area contributed by atoms with Gasteiger partial charge in [-0.15, -0.1) is 0 Å². The van der Waals surface area contributed by atoms with Crippen molar-refractivity contribution in [2.75, 3.05) is 44.8 Å². The van der Waals surface area contributed by atoms with E-state index in [2.05, 4.69) is 58.9 Å². The third kappa shape index (κ3) is 8.34. The van der Waals surface area contributed by atoms with Crippen molar-refractivity contribution in [1.82, 2.24) is 15.2 Å². The second-order valence-electron chi connectivity index (χ2n) is 12.2. The Hall–Kier alpha value is -3.46. The number of amides is 1. The molecular formula is C35H49N5O3. The first-order valence-electron chi connectivity index (χ1n) is 15.5. The lowest BCUT2D eigenvalue weighted by Gasteiger charge is -2.36. The molecule has 1 aromatic carbocycles. The van der Waals surface area contributed by atoms with Crippen molar-refractivity contribution in [3.63, 3.8) is 0 Å². The molecule has 1 saturated carbocycles. The number of aromatic nitrogens is 1. The summed E-state index contributed by atoms with van der Waals surface area (Å²) in [5, 5.41) is 3.02. The number of anilines is 1. The molecule has 2 aromatic rings. The third-order valence-corrected chi connectivity index (χ3v) is 8.89. The van der Waals surface area contributed by atoms with Crippen LogP contribution < -0.4 is 21.5 Å². The molecule has 0 unspecified atom stereocenters. The fourth-order valence-electron chi connectivity index (χ4n) is 6.20. The average molecular weight is 588 g/mol. The van der Waals surface area contributed by atoms with Crippen LogP contribution in [0.2, 0.25) is 0 Å². The van der Waals surface area contributed by atoms with E-state index in [1.807, 2.05) is 39.0 Å². The van der Waals surface area contributed by atoms with E-state index in [1.165, 1.54) is 5.57 Å². The van der Waals surface area contributed by atoms with Gasteiger partial charge in [0.05, 0.1) is 13.2 Å². The van der Waals surface area contributed by atoms with Crippen LogP contribution in [0.25, 0.3) is 5.57 Å². The maximum absolute atomic E-state index is 13.7. The van der Waals surface area contributed by atoms with Crippen LogP contribution in [-0.4, -0.2) is 67.8 Å². The lowest BCUT2D eigenvalue weighted by atomic mass is 9.89. The summed E-state index contributed by atoms with van der Waals surface area (Å²) in [7, 11) is 2.12. The zero-order valence-electron chi connectivity index (χ0n) is 26.6. The fraction of sp³-hybridized carbons (Fsp3) is 0.486. The average Bonchev–Trinajstić information content (AvgIpc) is 2.98. The number of H-pyrrole nitrogens is 1. The molecule has 1 aliphatic carbocycles. The monoisotopic (exact) mass is 587 g/mol. The van der Waals surface area contributed by atoms with Crippen LogP contribution >= 0.6 is 0 Å². The Labute approximate surface area is 256 Å². The van der Waals surface area contributed by atoms with Crippen LogP contribution in [0, 0.1) is 20.8 Å². The number of allylic oxidation sites excluding steroid dienone is 4. The Morgan fingerprint density at radius 3 is 2.49 bits per heavy atom. The van der Waals surface area contributed by atoms with E-state index >= 15 is 0 Å². The van der Waals surface area contributed by atoms with Gasteiger partial charge in [-0.1, -0.05) is 30.4 Å². The summed E-state index contributed by atoms with van der Waals surface area (Å²) in [6.45, 7) is 16.5. The molecule has 2 aliphatic rings. The summed E-state index contributed by atoms with van der Waals surface area (Å²) in [5.74, 6) is -0.207. The van der Waals surface area contributed by atoms with Gasteiger partial charge in [0.1, 0.15) is 0 Å². The van der Waals surface area contributed by atoms with E-state index in [-0.39, 0.29) is 24.1 Å². The summed E-state index contributed by atoms with van der Waals surface area (Å²) in [6, 6.07) is 6.66. The van der Waals surface area contributed by atoms with Gasteiger partial charge < -0.3 is 25.7 Å². The van der Waals surface area contributed by atoms with Gasteiger partial charge in [0, 0.05) is 67.8 Å². The number of hydrogen-bond donors (Lipinski definition) is 3. The highest BCUT2D eigenvalue weighted by Crippen LogP contribution is 2.33. The number of hydrogen-bond acceptors (Lipinski definition) is 6. The van der Waals surface area contributed by atoms with Crippen LogP contribution in [0.3, 0.4) is 0 Å². The highest BCUT2D eigenvalue weighted by atomic mass is 16.5. The van der Waals surface area contributed by atoms with Gasteiger partial charge in [-0.05, 0) is 93.8 Å². The Kier molecular flexibility index (Phi) is 11.2. The van der Waals surface area contributed by atoms with E-state index in [4.69, 9.17) is 10.5 Å². The van der Waals surface area contributed by atoms with Gasteiger partial charge >= 0.3 is 0 Å². The molecule has 0 atom stereocenters. The first-order chi connectivity index (χ1) is 20.6. The molecule has 1 saturated heterocycles. The summed E-state index contributed by atoms with van der Waals surface area (Å²) < 4.78 is 5.49. The van der Waals surface area contributed by atoms with E-state index < -0.39 is 0 Å². The minimum Gasteiger partial charge on any atom is -0.379 e. The summed E-state index contributed by atoms with van der Waals surface area (Å²) >= 11 is 0. The lowest BCUT2D eigenvalue weighted by molar-refractivity contribution is 0.0423. The highest BCUT2D eigenvalue weighted by molar-refractivity contribution is 5.98. The maximum atomic E-state index is 13.7. The molecule has 1 aromatic heterocycles. The molecule has 43 heavy (non-hydrogen) atoms. The summed E-state index contributed by atoms with van der Waals surface area (Å²) in [4.78, 5) is 33.9. The molecule has 0 radical (unpaired) electrons.